The molecule has 4 aliphatic rings. The minimum atomic E-state index is -0.163. The Balaban J connectivity index is 1.29. The highest BCUT2D eigenvalue weighted by atomic mass is 32.1. The molecule has 0 unspecified atom stereocenters. The third-order valence-electron chi connectivity index (χ3n) is 15.2. The molecule has 0 N–H and O–H groups in total. The van der Waals surface area contributed by atoms with Crippen LogP contribution in [0.25, 0.3) is 43.1 Å². The molecule has 4 heterocycles. The zero-order valence-electron chi connectivity index (χ0n) is 37.0. The summed E-state index contributed by atoms with van der Waals surface area (Å²) in [6, 6.07) is 51.8. The molecule has 0 atom stereocenters. The average Bonchev–Trinajstić information content (AvgIpc) is 3.63. The molecule has 1 aliphatic carbocycles. The van der Waals surface area contributed by atoms with Crippen molar-refractivity contribution in [3.63, 3.8) is 0 Å². The van der Waals surface area contributed by atoms with Gasteiger partial charge in [-0.15, -0.1) is 11.3 Å². The molecule has 8 aromatic rings. The van der Waals surface area contributed by atoms with Crippen molar-refractivity contribution in [3.8, 4) is 22.3 Å². The van der Waals surface area contributed by atoms with Crippen LogP contribution >= 0.6 is 11.3 Å². The summed E-state index contributed by atoms with van der Waals surface area (Å²) in [5, 5.41) is 5.30. The van der Waals surface area contributed by atoms with E-state index in [1.807, 2.05) is 11.3 Å². The third-order valence-corrected chi connectivity index (χ3v) is 16.4. The van der Waals surface area contributed by atoms with Crippen LogP contribution in [-0.2, 0) is 21.7 Å². The SMILES string of the molecule is CC(C)(C)c1ccc(N2c3sc4cc5c(cc4c3B3c4c(cc6ccccc6c42)-c2cccc4c2N3c2ccccc2C4(C)C)C(C)(C)CCC5(C)C)c(-c2ccccc2)c1. The van der Waals surface area contributed by atoms with E-state index in [1.54, 1.807) is 0 Å². The van der Waals surface area contributed by atoms with Crippen LogP contribution in [0, 0.1) is 0 Å². The van der Waals surface area contributed by atoms with Crippen molar-refractivity contribution in [2.45, 2.75) is 96.8 Å². The van der Waals surface area contributed by atoms with E-state index >= 15 is 0 Å². The van der Waals surface area contributed by atoms with Crippen LogP contribution in [0.15, 0.2) is 133 Å². The minimum absolute atomic E-state index is 0.00798. The Hall–Kier alpha value is -5.58. The van der Waals surface area contributed by atoms with Crippen molar-refractivity contribution in [3.05, 3.63) is 161 Å². The van der Waals surface area contributed by atoms with Gasteiger partial charge in [-0.05, 0) is 126 Å². The van der Waals surface area contributed by atoms with Gasteiger partial charge in [0.1, 0.15) is 0 Å². The van der Waals surface area contributed by atoms with Crippen molar-refractivity contribution < 1.29 is 0 Å². The fourth-order valence-corrected chi connectivity index (χ4v) is 13.0. The van der Waals surface area contributed by atoms with E-state index in [9.17, 15) is 0 Å². The molecule has 0 radical (unpaired) electrons. The van der Waals surface area contributed by atoms with E-state index in [0.717, 1.165) is 0 Å². The standard InChI is InChI=1S/C57H53BN2S/c1-54(2,3)36-26-27-46(39(31-36)34-18-11-10-12-19-34)59-52-37-21-14-13-20-35(37)30-40-38-22-17-24-43-51(38)60(47-25-16-15-23-42(47)57(43,8)9)58(49(40)52)50-41-32-44-45(33-48(41)61-53(50)59)56(6,7)29-28-55(44,4)5/h10-27,30-33H,28-29H2,1-9H3. The van der Waals surface area contributed by atoms with Crippen LogP contribution in [0.4, 0.5) is 27.8 Å². The summed E-state index contributed by atoms with van der Waals surface area (Å²) in [7, 11) is 0. The zero-order chi connectivity index (χ0) is 42.0. The first-order valence-electron chi connectivity index (χ1n) is 22.3. The van der Waals surface area contributed by atoms with Crippen molar-refractivity contribution in [2.75, 3.05) is 9.71 Å². The second kappa shape index (κ2) is 12.3. The fourth-order valence-electron chi connectivity index (χ4n) is 11.7. The molecule has 3 aliphatic heterocycles. The molecule has 1 aromatic heterocycles. The summed E-state index contributed by atoms with van der Waals surface area (Å²) in [6.07, 6.45) is 2.38. The lowest BCUT2D eigenvalue weighted by Crippen LogP contribution is -2.62. The van der Waals surface area contributed by atoms with E-state index in [2.05, 4.69) is 205 Å². The second-order valence-electron chi connectivity index (χ2n) is 21.2. The summed E-state index contributed by atoms with van der Waals surface area (Å²) in [4.78, 5) is 5.50. The minimum Gasteiger partial charge on any atom is -0.376 e. The predicted molar refractivity (Wildman–Crippen MR) is 265 cm³/mol. The summed E-state index contributed by atoms with van der Waals surface area (Å²) >= 11 is 2.01. The van der Waals surface area contributed by atoms with Gasteiger partial charge < -0.3 is 9.71 Å². The zero-order valence-corrected chi connectivity index (χ0v) is 37.8. The topological polar surface area (TPSA) is 6.48 Å². The van der Waals surface area contributed by atoms with Gasteiger partial charge in [0.05, 0.1) is 16.4 Å². The summed E-state index contributed by atoms with van der Waals surface area (Å²) < 4.78 is 1.38. The smallest absolute Gasteiger partial charge is 0.334 e. The normalized spacial score (nSPS) is 17.4. The lowest BCUT2D eigenvalue weighted by Gasteiger charge is -2.51. The summed E-state index contributed by atoms with van der Waals surface area (Å²) in [5.74, 6) is 0. The second-order valence-corrected chi connectivity index (χ2v) is 22.2. The van der Waals surface area contributed by atoms with Gasteiger partial charge in [0.2, 0.25) is 0 Å². The van der Waals surface area contributed by atoms with E-state index in [1.165, 1.54) is 122 Å². The Labute approximate surface area is 366 Å². The highest BCUT2D eigenvalue weighted by Gasteiger charge is 2.52. The van der Waals surface area contributed by atoms with Gasteiger partial charge in [-0.3, -0.25) is 0 Å². The molecular weight excluding hydrogens is 756 g/mol. The van der Waals surface area contributed by atoms with Gasteiger partial charge in [-0.25, -0.2) is 0 Å². The Morgan fingerprint density at radius 1 is 0.541 bits per heavy atom. The first kappa shape index (κ1) is 37.2. The molecule has 4 heteroatoms. The Morgan fingerprint density at radius 3 is 2.00 bits per heavy atom. The Morgan fingerprint density at radius 2 is 1.23 bits per heavy atom. The molecule has 300 valence electrons. The lowest BCUT2D eigenvalue weighted by molar-refractivity contribution is 0.332. The molecule has 2 nitrogen and oxygen atoms in total. The van der Waals surface area contributed by atoms with E-state index in [-0.39, 0.29) is 28.5 Å². The maximum absolute atomic E-state index is 2.78. The summed E-state index contributed by atoms with van der Waals surface area (Å²) in [6.45, 7) is 21.7. The number of nitrogens with zero attached hydrogens (tertiary/aromatic N) is 2. The van der Waals surface area contributed by atoms with Crippen LogP contribution in [0.2, 0.25) is 0 Å². The predicted octanol–water partition coefficient (Wildman–Crippen LogP) is 14.7. The Bertz CT molecular complexity index is 3180. The molecule has 0 spiro atoms. The van der Waals surface area contributed by atoms with Crippen LogP contribution in [0.5, 0.6) is 0 Å². The number of rotatable bonds is 2. The van der Waals surface area contributed by atoms with Crippen molar-refractivity contribution >= 4 is 77.7 Å². The lowest BCUT2D eigenvalue weighted by atomic mass is 9.42. The molecule has 0 saturated heterocycles. The molecule has 0 amide bonds. The summed E-state index contributed by atoms with van der Waals surface area (Å²) in [5.41, 5.74) is 20.4. The molecular formula is C57H53BN2S. The van der Waals surface area contributed by atoms with Gasteiger partial charge >= 0.3 is 6.85 Å². The van der Waals surface area contributed by atoms with E-state index < -0.39 is 0 Å². The number of hydrogen-bond donors (Lipinski definition) is 0. The van der Waals surface area contributed by atoms with E-state index in [0.29, 0.717) is 0 Å². The maximum atomic E-state index is 2.78. The first-order valence-corrected chi connectivity index (χ1v) is 23.2. The van der Waals surface area contributed by atoms with Crippen LogP contribution in [0.1, 0.15) is 103 Å². The van der Waals surface area contributed by atoms with Gasteiger partial charge in [-0.1, -0.05) is 159 Å². The molecule has 12 rings (SSSR count). The highest BCUT2D eigenvalue weighted by Crippen LogP contribution is 2.59. The van der Waals surface area contributed by atoms with Crippen LogP contribution in [-0.4, -0.2) is 6.85 Å². The third kappa shape index (κ3) is 5.03. The quantitative estimate of drug-likeness (QED) is 0.161. The monoisotopic (exact) mass is 808 g/mol. The van der Waals surface area contributed by atoms with Crippen molar-refractivity contribution in [2.24, 2.45) is 0 Å². The van der Waals surface area contributed by atoms with Crippen LogP contribution in [0.3, 0.4) is 0 Å². The van der Waals surface area contributed by atoms with Crippen LogP contribution < -0.4 is 20.6 Å². The van der Waals surface area contributed by atoms with Crippen molar-refractivity contribution in [1.29, 1.82) is 0 Å². The highest BCUT2D eigenvalue weighted by molar-refractivity contribution is 7.26. The van der Waals surface area contributed by atoms with E-state index in [4.69, 9.17) is 0 Å². The molecule has 7 aromatic carbocycles. The number of benzene rings is 7. The maximum Gasteiger partial charge on any atom is 0.334 e. The molecule has 0 fully saturated rings. The fraction of sp³-hybridized carbons (Fsp3) is 0.263. The number of hydrogen-bond acceptors (Lipinski definition) is 3. The van der Waals surface area contributed by atoms with Gasteiger partial charge in [-0.2, -0.15) is 0 Å². The Kier molecular flexibility index (Phi) is 7.50. The molecule has 61 heavy (non-hydrogen) atoms. The van der Waals surface area contributed by atoms with Crippen molar-refractivity contribution in [1.82, 2.24) is 0 Å². The number of thiophene rings is 1. The first-order chi connectivity index (χ1) is 29.1. The molecule has 0 bridgehead atoms. The van der Waals surface area contributed by atoms with Gasteiger partial charge in [0.15, 0.2) is 0 Å². The average molecular weight is 809 g/mol. The van der Waals surface area contributed by atoms with Gasteiger partial charge in [0, 0.05) is 38.0 Å². The molecule has 0 saturated carbocycles. The number of fused-ring (bicyclic) bond motifs is 11. The number of para-hydroxylation sites is 2. The van der Waals surface area contributed by atoms with Gasteiger partial charge in [0.25, 0.3) is 0 Å². The largest absolute Gasteiger partial charge is 0.376 e. The number of anilines is 5.